The standard InChI is InChI=1S/C52H100N2.2ClH/c1-9-13-17-21-25-29-33-37-47(5)53(48(6)38-34-30-26-22-18-14-10-2)45-51-41-43-52(44-42-51)46-54(49(7)39-35-31-27-23-19-15-11-3)50(8)40-36-32-28-24-20-16-12-4;;/h41-44,47-50H,9-40,45-46H2,1-8H3;2*1H. The molecule has 4 atom stereocenters. The van der Waals surface area contributed by atoms with Crippen LogP contribution in [0.5, 0.6) is 0 Å². The summed E-state index contributed by atoms with van der Waals surface area (Å²) in [6.45, 7) is 21.6. The molecule has 2 nitrogen and oxygen atoms in total. The van der Waals surface area contributed by atoms with Gasteiger partial charge in [0.1, 0.15) is 0 Å². The molecule has 0 spiro atoms. The average Bonchev–Trinajstić information content (AvgIpc) is 3.17. The quantitative estimate of drug-likeness (QED) is 0.0608. The van der Waals surface area contributed by atoms with Crippen LogP contribution in [0.4, 0.5) is 0 Å². The van der Waals surface area contributed by atoms with E-state index < -0.39 is 0 Å². The predicted molar refractivity (Wildman–Crippen MR) is 260 cm³/mol. The van der Waals surface area contributed by atoms with Crippen molar-refractivity contribution >= 4 is 24.8 Å². The Morgan fingerprint density at radius 1 is 0.304 bits per heavy atom. The third-order valence-electron chi connectivity index (χ3n) is 12.9. The second-order valence-corrected chi connectivity index (χ2v) is 18.2. The molecule has 0 N–H and O–H groups in total. The smallest absolute Gasteiger partial charge is 0.0239 e. The Kier molecular flexibility index (Phi) is 42.8. The number of benzene rings is 1. The molecule has 0 aliphatic heterocycles. The van der Waals surface area contributed by atoms with Crippen molar-refractivity contribution in [2.24, 2.45) is 0 Å². The summed E-state index contributed by atoms with van der Waals surface area (Å²) in [5.41, 5.74) is 3.02. The van der Waals surface area contributed by atoms with Gasteiger partial charge in [0.2, 0.25) is 0 Å². The number of hydrogen-bond donors (Lipinski definition) is 0. The van der Waals surface area contributed by atoms with Crippen molar-refractivity contribution in [2.45, 2.75) is 298 Å². The van der Waals surface area contributed by atoms with E-state index in [2.05, 4.69) is 89.5 Å². The zero-order valence-electron chi connectivity index (χ0n) is 39.4. The largest absolute Gasteiger partial charge is 0.294 e. The predicted octanol–water partition coefficient (Wildman–Crippen LogP) is 18.3. The summed E-state index contributed by atoms with van der Waals surface area (Å²) in [6, 6.07) is 12.6. The molecule has 4 unspecified atom stereocenters. The Bertz CT molecular complexity index is 786. The lowest BCUT2D eigenvalue weighted by Gasteiger charge is -2.36. The Labute approximate surface area is 366 Å². The van der Waals surface area contributed by atoms with Gasteiger partial charge in [0.15, 0.2) is 0 Å². The van der Waals surface area contributed by atoms with Crippen LogP contribution in [0.15, 0.2) is 24.3 Å². The van der Waals surface area contributed by atoms with Crippen LogP contribution in [0.1, 0.15) is 272 Å². The van der Waals surface area contributed by atoms with Crippen molar-refractivity contribution in [2.75, 3.05) is 0 Å². The van der Waals surface area contributed by atoms with Gasteiger partial charge in [-0.15, -0.1) is 24.8 Å². The summed E-state index contributed by atoms with van der Waals surface area (Å²) in [5, 5.41) is 0. The molecule has 0 saturated carbocycles. The first kappa shape index (κ1) is 57.8. The van der Waals surface area contributed by atoms with Gasteiger partial charge in [-0.1, -0.05) is 232 Å². The van der Waals surface area contributed by atoms with E-state index in [0.29, 0.717) is 24.2 Å². The van der Waals surface area contributed by atoms with Crippen LogP contribution < -0.4 is 0 Å². The SMILES string of the molecule is CCCCCCCCCC(C)N(Cc1ccc(CN(C(C)CCCCCCCCC)C(C)CCCCCCCCC)cc1)C(C)CCCCCCCCC.Cl.Cl. The molecular formula is C52H102Cl2N2. The summed E-state index contributed by atoms with van der Waals surface area (Å²) < 4.78 is 0. The topological polar surface area (TPSA) is 6.48 Å². The fourth-order valence-electron chi connectivity index (χ4n) is 8.91. The van der Waals surface area contributed by atoms with Crippen molar-refractivity contribution in [3.63, 3.8) is 0 Å². The van der Waals surface area contributed by atoms with Crippen LogP contribution in [0.3, 0.4) is 0 Å². The number of rotatable bonds is 40. The molecule has 1 aromatic carbocycles. The molecule has 0 saturated heterocycles. The van der Waals surface area contributed by atoms with Crippen molar-refractivity contribution in [1.82, 2.24) is 9.80 Å². The zero-order chi connectivity index (χ0) is 39.5. The van der Waals surface area contributed by atoms with E-state index in [-0.39, 0.29) is 24.8 Å². The summed E-state index contributed by atoms with van der Waals surface area (Å²) in [6.07, 6.45) is 44.7. The van der Waals surface area contributed by atoms with E-state index in [0.717, 1.165) is 13.1 Å². The molecule has 0 radical (unpaired) electrons. The third kappa shape index (κ3) is 30.7. The molecule has 334 valence electrons. The number of hydrogen-bond acceptors (Lipinski definition) is 2. The molecule has 0 aliphatic rings. The molecule has 4 heteroatoms. The molecule has 0 bridgehead atoms. The highest BCUT2D eigenvalue weighted by atomic mass is 35.5. The van der Waals surface area contributed by atoms with Gasteiger partial charge < -0.3 is 0 Å². The fraction of sp³-hybridized carbons (Fsp3) is 0.885. The minimum atomic E-state index is 0. The third-order valence-corrected chi connectivity index (χ3v) is 12.9. The van der Waals surface area contributed by atoms with Crippen LogP contribution >= 0.6 is 24.8 Å². The molecule has 1 aromatic rings. The first-order valence-corrected chi connectivity index (χ1v) is 25.0. The molecule has 1 rings (SSSR count). The van der Waals surface area contributed by atoms with Crippen molar-refractivity contribution in [3.8, 4) is 0 Å². The molecule has 56 heavy (non-hydrogen) atoms. The number of unbranched alkanes of at least 4 members (excludes halogenated alkanes) is 24. The fourth-order valence-corrected chi connectivity index (χ4v) is 8.91. The monoisotopic (exact) mass is 825 g/mol. The van der Waals surface area contributed by atoms with E-state index in [1.54, 1.807) is 0 Å². The molecule has 0 amide bonds. The van der Waals surface area contributed by atoms with Gasteiger partial charge in [-0.05, 0) is 64.5 Å². The lowest BCUT2D eigenvalue weighted by molar-refractivity contribution is 0.125. The molecule has 0 fully saturated rings. The van der Waals surface area contributed by atoms with Crippen LogP contribution in [0.25, 0.3) is 0 Å². The normalized spacial score (nSPS) is 13.8. The van der Waals surface area contributed by atoms with Crippen LogP contribution in [-0.2, 0) is 13.1 Å². The first-order chi connectivity index (χ1) is 26.4. The Morgan fingerprint density at radius 3 is 0.679 bits per heavy atom. The minimum Gasteiger partial charge on any atom is -0.294 e. The molecule has 0 heterocycles. The van der Waals surface area contributed by atoms with E-state index in [1.165, 1.54) is 217 Å². The second-order valence-electron chi connectivity index (χ2n) is 18.2. The number of halogens is 2. The Hall–Kier alpha value is -0.280. The van der Waals surface area contributed by atoms with Crippen molar-refractivity contribution in [3.05, 3.63) is 35.4 Å². The van der Waals surface area contributed by atoms with Gasteiger partial charge in [0.05, 0.1) is 0 Å². The highest BCUT2D eigenvalue weighted by Crippen LogP contribution is 2.24. The van der Waals surface area contributed by atoms with Crippen LogP contribution in [0.2, 0.25) is 0 Å². The van der Waals surface area contributed by atoms with E-state index in [4.69, 9.17) is 0 Å². The van der Waals surface area contributed by atoms with Gasteiger partial charge in [-0.3, -0.25) is 9.80 Å². The summed E-state index contributed by atoms with van der Waals surface area (Å²) in [5.74, 6) is 0. The van der Waals surface area contributed by atoms with Crippen molar-refractivity contribution < 1.29 is 0 Å². The summed E-state index contributed by atoms with van der Waals surface area (Å²) in [7, 11) is 0. The second kappa shape index (κ2) is 41.5. The Balaban J connectivity index is 0. The van der Waals surface area contributed by atoms with Gasteiger partial charge in [0.25, 0.3) is 0 Å². The van der Waals surface area contributed by atoms with Crippen LogP contribution in [0, 0.1) is 0 Å². The molecular weight excluding hydrogens is 723 g/mol. The summed E-state index contributed by atoms with van der Waals surface area (Å²) >= 11 is 0. The average molecular weight is 826 g/mol. The Morgan fingerprint density at radius 2 is 0.482 bits per heavy atom. The zero-order valence-corrected chi connectivity index (χ0v) is 41.0. The molecule has 0 aromatic heterocycles. The van der Waals surface area contributed by atoms with E-state index in [9.17, 15) is 0 Å². The van der Waals surface area contributed by atoms with Gasteiger partial charge in [-0.25, -0.2) is 0 Å². The highest BCUT2D eigenvalue weighted by molar-refractivity contribution is 5.85. The number of nitrogens with zero attached hydrogens (tertiary/aromatic N) is 2. The highest BCUT2D eigenvalue weighted by Gasteiger charge is 2.22. The maximum atomic E-state index is 2.88. The van der Waals surface area contributed by atoms with E-state index in [1.807, 2.05) is 0 Å². The molecule has 0 aliphatic carbocycles. The van der Waals surface area contributed by atoms with Gasteiger partial charge in [-0.2, -0.15) is 0 Å². The maximum absolute atomic E-state index is 2.88. The summed E-state index contributed by atoms with van der Waals surface area (Å²) in [4.78, 5) is 5.76. The lowest BCUT2D eigenvalue weighted by Crippen LogP contribution is -2.40. The van der Waals surface area contributed by atoms with Crippen LogP contribution in [-0.4, -0.2) is 34.0 Å². The minimum absolute atomic E-state index is 0. The van der Waals surface area contributed by atoms with Gasteiger partial charge >= 0.3 is 0 Å². The lowest BCUT2D eigenvalue weighted by atomic mass is 9.99. The maximum Gasteiger partial charge on any atom is 0.0239 e. The first-order valence-electron chi connectivity index (χ1n) is 25.0. The van der Waals surface area contributed by atoms with Crippen molar-refractivity contribution in [1.29, 1.82) is 0 Å². The van der Waals surface area contributed by atoms with E-state index >= 15 is 0 Å². The van der Waals surface area contributed by atoms with Gasteiger partial charge in [0, 0.05) is 37.3 Å².